The zero-order valence-corrected chi connectivity index (χ0v) is 14.6. The van der Waals surface area contributed by atoms with E-state index in [0.717, 1.165) is 45.2 Å². The lowest BCUT2D eigenvalue weighted by molar-refractivity contribution is 0.120. The van der Waals surface area contributed by atoms with E-state index in [-0.39, 0.29) is 30.1 Å². The largest absolute Gasteiger partial charge is 0.396 e. The molecule has 0 bridgehead atoms. The highest BCUT2D eigenvalue weighted by atomic mass is 32.1. The Morgan fingerprint density at radius 1 is 1.39 bits per heavy atom. The summed E-state index contributed by atoms with van der Waals surface area (Å²) in [6.45, 7) is 4.17. The Morgan fingerprint density at radius 2 is 2.17 bits per heavy atom. The average molecular weight is 337 g/mol. The standard InChI is InChI=1S/C17H27N3O2S/c1-17(12-21)8-2-4-14(17)19-16(22)18-13-6-9-20(10-7-13)15-5-3-11-23-15/h3,5,11,13-14,21H,2,4,6-10,12H2,1H3,(H2,18,19,22). The molecule has 0 spiro atoms. The molecule has 0 aromatic carbocycles. The van der Waals surface area contributed by atoms with Gasteiger partial charge in [0.25, 0.3) is 0 Å². The van der Waals surface area contributed by atoms with E-state index in [1.807, 2.05) is 0 Å². The molecule has 1 aromatic rings. The number of rotatable bonds is 4. The molecule has 6 heteroatoms. The lowest BCUT2D eigenvalue weighted by atomic mass is 9.86. The number of aliphatic hydroxyl groups is 1. The highest BCUT2D eigenvalue weighted by molar-refractivity contribution is 7.14. The zero-order valence-electron chi connectivity index (χ0n) is 13.8. The molecule has 2 fully saturated rings. The molecular formula is C17H27N3O2S. The third-order valence-corrected chi connectivity index (χ3v) is 6.33. The first-order valence-electron chi connectivity index (χ1n) is 8.57. The van der Waals surface area contributed by atoms with E-state index in [1.54, 1.807) is 11.3 Å². The summed E-state index contributed by atoms with van der Waals surface area (Å²) in [6.07, 6.45) is 4.97. The van der Waals surface area contributed by atoms with Crippen LogP contribution in [-0.4, -0.2) is 42.9 Å². The van der Waals surface area contributed by atoms with Gasteiger partial charge in [-0.1, -0.05) is 13.3 Å². The second-order valence-electron chi connectivity index (χ2n) is 7.09. The van der Waals surface area contributed by atoms with Gasteiger partial charge in [0.15, 0.2) is 0 Å². The van der Waals surface area contributed by atoms with Gasteiger partial charge in [-0.2, -0.15) is 0 Å². The van der Waals surface area contributed by atoms with Crippen LogP contribution in [0.3, 0.4) is 0 Å². The molecule has 1 aliphatic heterocycles. The third kappa shape index (κ3) is 3.80. The fourth-order valence-corrected chi connectivity index (χ4v) is 4.53. The zero-order chi connectivity index (χ0) is 16.3. The highest BCUT2D eigenvalue weighted by Gasteiger charge is 2.39. The second-order valence-corrected chi connectivity index (χ2v) is 8.01. The van der Waals surface area contributed by atoms with E-state index < -0.39 is 0 Å². The van der Waals surface area contributed by atoms with Gasteiger partial charge in [0.05, 0.1) is 11.6 Å². The average Bonchev–Trinajstić information content (AvgIpc) is 3.19. The summed E-state index contributed by atoms with van der Waals surface area (Å²) < 4.78 is 0. The number of nitrogens with zero attached hydrogens (tertiary/aromatic N) is 1. The summed E-state index contributed by atoms with van der Waals surface area (Å²) in [5.74, 6) is 0. The first kappa shape index (κ1) is 16.6. The summed E-state index contributed by atoms with van der Waals surface area (Å²) >= 11 is 1.77. The Kier molecular flexibility index (Phi) is 5.11. The first-order chi connectivity index (χ1) is 11.1. The number of nitrogens with one attached hydrogen (secondary N) is 2. The molecule has 3 N–H and O–H groups in total. The summed E-state index contributed by atoms with van der Waals surface area (Å²) in [7, 11) is 0. The Balaban J connectivity index is 1.44. The van der Waals surface area contributed by atoms with Crippen LogP contribution in [0.5, 0.6) is 0 Å². The van der Waals surface area contributed by atoms with Crippen molar-refractivity contribution < 1.29 is 9.90 Å². The van der Waals surface area contributed by atoms with Crippen LogP contribution in [0.15, 0.2) is 17.5 Å². The second kappa shape index (κ2) is 7.09. The smallest absolute Gasteiger partial charge is 0.315 e. The van der Waals surface area contributed by atoms with Crippen LogP contribution in [0.1, 0.15) is 39.0 Å². The van der Waals surface area contributed by atoms with Gasteiger partial charge in [-0.25, -0.2) is 4.79 Å². The minimum absolute atomic E-state index is 0.0776. The van der Waals surface area contributed by atoms with Crippen LogP contribution in [0, 0.1) is 5.41 Å². The lowest BCUT2D eigenvalue weighted by Crippen LogP contribution is -2.52. The predicted molar refractivity (Wildman–Crippen MR) is 94.1 cm³/mol. The molecule has 1 aliphatic carbocycles. The fourth-order valence-electron chi connectivity index (χ4n) is 3.75. The normalized spacial score (nSPS) is 28.8. The van der Waals surface area contributed by atoms with Gasteiger partial charge in [0.2, 0.25) is 0 Å². The molecule has 5 nitrogen and oxygen atoms in total. The van der Waals surface area contributed by atoms with Crippen molar-refractivity contribution >= 4 is 22.4 Å². The van der Waals surface area contributed by atoms with Crippen molar-refractivity contribution in [2.24, 2.45) is 5.41 Å². The van der Waals surface area contributed by atoms with E-state index in [4.69, 9.17) is 0 Å². The van der Waals surface area contributed by atoms with Crippen molar-refractivity contribution in [1.82, 2.24) is 10.6 Å². The molecule has 3 rings (SSSR count). The summed E-state index contributed by atoms with van der Waals surface area (Å²) in [5, 5.41) is 19.2. The number of hydrogen-bond donors (Lipinski definition) is 3. The van der Waals surface area contributed by atoms with Gasteiger partial charge in [0.1, 0.15) is 0 Å². The van der Waals surface area contributed by atoms with Crippen LogP contribution < -0.4 is 15.5 Å². The maximum Gasteiger partial charge on any atom is 0.315 e. The maximum absolute atomic E-state index is 12.3. The van der Waals surface area contributed by atoms with Gasteiger partial charge < -0.3 is 20.6 Å². The molecule has 128 valence electrons. The van der Waals surface area contributed by atoms with Crippen molar-refractivity contribution in [3.8, 4) is 0 Å². The third-order valence-electron chi connectivity index (χ3n) is 5.40. The Bertz CT molecular complexity index is 514. The van der Waals surface area contributed by atoms with Gasteiger partial charge in [0, 0.05) is 30.6 Å². The molecule has 23 heavy (non-hydrogen) atoms. The number of urea groups is 1. The molecule has 2 atom stereocenters. The van der Waals surface area contributed by atoms with Gasteiger partial charge >= 0.3 is 6.03 Å². The quantitative estimate of drug-likeness (QED) is 0.791. The van der Waals surface area contributed by atoms with E-state index >= 15 is 0 Å². The predicted octanol–water partition coefficient (Wildman–Crippen LogP) is 2.57. The number of carbonyl (C=O) groups is 1. The summed E-state index contributed by atoms with van der Waals surface area (Å²) in [5.41, 5.74) is -0.167. The minimum Gasteiger partial charge on any atom is -0.396 e. The molecule has 2 aliphatic rings. The molecule has 1 saturated carbocycles. The number of piperidine rings is 1. The van der Waals surface area contributed by atoms with Crippen LogP contribution in [0.4, 0.5) is 9.80 Å². The highest BCUT2D eigenvalue weighted by Crippen LogP contribution is 2.37. The SMILES string of the molecule is CC1(CO)CCCC1NC(=O)NC1CCN(c2cccs2)CC1. The van der Waals surface area contributed by atoms with Crippen molar-refractivity contribution in [3.05, 3.63) is 17.5 Å². The molecule has 2 heterocycles. The molecule has 0 radical (unpaired) electrons. The van der Waals surface area contributed by atoms with Gasteiger partial charge in [-0.05, 0) is 43.2 Å². The first-order valence-corrected chi connectivity index (χ1v) is 9.45. The number of hydrogen-bond acceptors (Lipinski definition) is 4. The molecule has 2 amide bonds. The number of carbonyl (C=O) groups excluding carboxylic acids is 1. The Hall–Kier alpha value is -1.27. The van der Waals surface area contributed by atoms with Crippen LogP contribution in [-0.2, 0) is 0 Å². The van der Waals surface area contributed by atoms with E-state index in [2.05, 4.69) is 40.0 Å². The topological polar surface area (TPSA) is 64.6 Å². The van der Waals surface area contributed by atoms with Gasteiger partial charge in [-0.3, -0.25) is 0 Å². The van der Waals surface area contributed by atoms with Crippen molar-refractivity contribution in [2.75, 3.05) is 24.6 Å². The van der Waals surface area contributed by atoms with Crippen molar-refractivity contribution in [3.63, 3.8) is 0 Å². The number of anilines is 1. The molecule has 1 aromatic heterocycles. The Labute approximate surface area is 142 Å². The van der Waals surface area contributed by atoms with E-state index in [1.165, 1.54) is 5.00 Å². The number of amides is 2. The van der Waals surface area contributed by atoms with Crippen LogP contribution in [0.25, 0.3) is 0 Å². The van der Waals surface area contributed by atoms with Crippen molar-refractivity contribution in [2.45, 2.75) is 51.1 Å². The van der Waals surface area contributed by atoms with E-state index in [0.29, 0.717) is 0 Å². The number of thiophene rings is 1. The molecule has 2 unspecified atom stereocenters. The monoisotopic (exact) mass is 337 g/mol. The van der Waals surface area contributed by atoms with Crippen LogP contribution in [0.2, 0.25) is 0 Å². The minimum atomic E-state index is -0.167. The summed E-state index contributed by atoms with van der Waals surface area (Å²) in [6, 6.07) is 4.48. The van der Waals surface area contributed by atoms with E-state index in [9.17, 15) is 9.90 Å². The van der Waals surface area contributed by atoms with Gasteiger partial charge in [-0.15, -0.1) is 11.3 Å². The van der Waals surface area contributed by atoms with Crippen molar-refractivity contribution in [1.29, 1.82) is 0 Å². The fraction of sp³-hybridized carbons (Fsp3) is 0.706. The Morgan fingerprint density at radius 3 is 2.83 bits per heavy atom. The number of aliphatic hydroxyl groups excluding tert-OH is 1. The lowest BCUT2D eigenvalue weighted by Gasteiger charge is -2.34. The van der Waals surface area contributed by atoms with Crippen LogP contribution >= 0.6 is 11.3 Å². The molecular weight excluding hydrogens is 310 g/mol. The molecule has 1 saturated heterocycles. The summed E-state index contributed by atoms with van der Waals surface area (Å²) in [4.78, 5) is 14.7. The maximum atomic E-state index is 12.3.